The van der Waals surface area contributed by atoms with Crippen LogP contribution in [0.4, 0.5) is 11.5 Å². The van der Waals surface area contributed by atoms with E-state index in [9.17, 15) is 0 Å². The number of nitrogens with one attached hydrogen (secondary N) is 1. The van der Waals surface area contributed by atoms with Gasteiger partial charge < -0.3 is 10.1 Å². The van der Waals surface area contributed by atoms with E-state index in [4.69, 9.17) is 4.74 Å². The van der Waals surface area contributed by atoms with Crippen molar-refractivity contribution in [1.82, 2.24) is 9.97 Å². The van der Waals surface area contributed by atoms with Crippen LogP contribution >= 0.6 is 22.6 Å². The lowest BCUT2D eigenvalue weighted by molar-refractivity contribution is 0.412. The maximum atomic E-state index is 5.22. The van der Waals surface area contributed by atoms with E-state index in [2.05, 4.69) is 37.9 Å². The zero-order valence-corrected chi connectivity index (χ0v) is 11.7. The third-order valence-corrected chi connectivity index (χ3v) is 3.11. The van der Waals surface area contributed by atoms with Crippen LogP contribution in [-0.2, 0) is 0 Å². The predicted molar refractivity (Wildman–Crippen MR) is 75.8 cm³/mol. The van der Waals surface area contributed by atoms with E-state index in [1.807, 2.05) is 25.1 Å². The lowest BCUT2D eigenvalue weighted by Gasteiger charge is -2.09. The lowest BCUT2D eigenvalue weighted by atomic mass is 10.2. The molecule has 0 spiro atoms. The Morgan fingerprint density at radius 1 is 1.35 bits per heavy atom. The van der Waals surface area contributed by atoms with Crippen molar-refractivity contribution in [2.24, 2.45) is 0 Å². The predicted octanol–water partition coefficient (Wildman–Crippen LogP) is 3.14. The molecule has 2 aromatic rings. The molecule has 1 heterocycles. The summed E-state index contributed by atoms with van der Waals surface area (Å²) in [5.74, 6) is 1.69. The Morgan fingerprint density at radius 3 is 2.82 bits per heavy atom. The molecule has 1 N–H and O–H groups in total. The van der Waals surface area contributed by atoms with Crippen molar-refractivity contribution in [3.63, 3.8) is 0 Å². The number of anilines is 2. The molecule has 0 aliphatic rings. The van der Waals surface area contributed by atoms with Gasteiger partial charge in [0.25, 0.3) is 0 Å². The molecule has 1 aromatic carbocycles. The summed E-state index contributed by atoms with van der Waals surface area (Å²) in [5, 5.41) is 3.25. The fourth-order valence-corrected chi connectivity index (χ4v) is 1.93. The summed E-state index contributed by atoms with van der Waals surface area (Å²) in [7, 11) is 1.67. The third-order valence-electron chi connectivity index (χ3n) is 2.33. The highest BCUT2D eigenvalue weighted by molar-refractivity contribution is 14.1. The topological polar surface area (TPSA) is 47.0 Å². The van der Waals surface area contributed by atoms with E-state index in [1.165, 1.54) is 6.33 Å². The molecule has 0 unspecified atom stereocenters. The van der Waals surface area contributed by atoms with Crippen LogP contribution in [0.2, 0.25) is 0 Å². The molecular weight excluding hydrogens is 329 g/mol. The number of halogens is 1. The number of nitrogens with zero attached hydrogens (tertiary/aromatic N) is 2. The van der Waals surface area contributed by atoms with Crippen molar-refractivity contribution in [1.29, 1.82) is 0 Å². The molecule has 0 amide bonds. The molecule has 4 nitrogen and oxygen atoms in total. The van der Waals surface area contributed by atoms with Crippen molar-refractivity contribution < 1.29 is 4.74 Å². The maximum Gasteiger partial charge on any atom is 0.147 e. The molecule has 2 rings (SSSR count). The summed E-state index contributed by atoms with van der Waals surface area (Å²) in [6.07, 6.45) is 3.30. The molecule has 0 aliphatic carbocycles. The maximum absolute atomic E-state index is 5.22. The van der Waals surface area contributed by atoms with Gasteiger partial charge in [0.2, 0.25) is 0 Å². The first-order valence-corrected chi connectivity index (χ1v) is 6.16. The Labute approximate surface area is 114 Å². The van der Waals surface area contributed by atoms with Crippen molar-refractivity contribution in [3.8, 4) is 5.75 Å². The number of hydrogen-bond acceptors (Lipinski definition) is 4. The van der Waals surface area contributed by atoms with Gasteiger partial charge in [-0.3, -0.25) is 0 Å². The van der Waals surface area contributed by atoms with Gasteiger partial charge in [0.05, 0.1) is 10.7 Å². The van der Waals surface area contributed by atoms with Crippen molar-refractivity contribution in [2.45, 2.75) is 6.92 Å². The molecule has 0 saturated carbocycles. The van der Waals surface area contributed by atoms with Crippen LogP contribution in [0.3, 0.4) is 0 Å². The molecule has 0 saturated heterocycles. The lowest BCUT2D eigenvalue weighted by Crippen LogP contribution is -1.97. The molecule has 1 aromatic heterocycles. The molecule has 17 heavy (non-hydrogen) atoms. The fourth-order valence-electron chi connectivity index (χ4n) is 1.50. The van der Waals surface area contributed by atoms with Crippen LogP contribution in [0.25, 0.3) is 0 Å². The van der Waals surface area contributed by atoms with Crippen LogP contribution in [0.5, 0.6) is 5.75 Å². The normalized spacial score (nSPS) is 10.1. The average molecular weight is 341 g/mol. The van der Waals surface area contributed by atoms with Crippen molar-refractivity contribution in [3.05, 3.63) is 39.9 Å². The van der Waals surface area contributed by atoms with Gasteiger partial charge in [0.1, 0.15) is 17.9 Å². The summed E-state index contributed by atoms with van der Waals surface area (Å²) < 4.78 is 6.20. The highest BCUT2D eigenvalue weighted by Gasteiger charge is 2.03. The highest BCUT2D eigenvalue weighted by atomic mass is 127. The Hall–Kier alpha value is -1.37. The number of methoxy groups -OCH3 is 1. The number of aromatic nitrogens is 2. The highest BCUT2D eigenvalue weighted by Crippen LogP contribution is 2.24. The minimum absolute atomic E-state index is 0.810. The van der Waals surface area contributed by atoms with Gasteiger partial charge in [-0.2, -0.15) is 0 Å². The Balaban J connectivity index is 2.25. The van der Waals surface area contributed by atoms with E-state index in [0.717, 1.165) is 26.4 Å². The Bertz CT molecular complexity index is 531. The molecule has 0 fully saturated rings. The van der Waals surface area contributed by atoms with Gasteiger partial charge in [-0.05, 0) is 53.3 Å². The molecule has 0 radical (unpaired) electrons. The standard InChI is InChI=1S/C12H12IN3O/c1-8-5-9(3-4-11(8)17-2)16-12-10(13)6-14-7-15-12/h3-7H,1-2H3,(H,14,15,16). The average Bonchev–Trinajstić information content (AvgIpc) is 2.32. The molecule has 5 heteroatoms. The number of benzene rings is 1. The van der Waals surface area contributed by atoms with Gasteiger partial charge in [-0.25, -0.2) is 9.97 Å². The second-order valence-corrected chi connectivity index (χ2v) is 4.69. The first kappa shape index (κ1) is 12.1. The molecule has 0 aliphatic heterocycles. The minimum atomic E-state index is 0.810. The van der Waals surface area contributed by atoms with E-state index in [1.54, 1.807) is 13.3 Å². The molecule has 0 atom stereocenters. The number of hydrogen-bond donors (Lipinski definition) is 1. The van der Waals surface area contributed by atoms with Crippen LogP contribution in [0.1, 0.15) is 5.56 Å². The summed E-state index contributed by atoms with van der Waals surface area (Å²) in [5.41, 5.74) is 2.07. The fraction of sp³-hybridized carbons (Fsp3) is 0.167. The Morgan fingerprint density at radius 2 is 2.18 bits per heavy atom. The van der Waals surface area contributed by atoms with E-state index in [-0.39, 0.29) is 0 Å². The second-order valence-electron chi connectivity index (χ2n) is 3.53. The first-order valence-electron chi connectivity index (χ1n) is 5.08. The molecular formula is C12H12IN3O. The molecule has 88 valence electrons. The number of ether oxygens (including phenoxy) is 1. The third kappa shape index (κ3) is 2.85. The van der Waals surface area contributed by atoms with Crippen LogP contribution in [0, 0.1) is 10.5 Å². The zero-order chi connectivity index (χ0) is 12.3. The first-order chi connectivity index (χ1) is 8.20. The molecule has 0 bridgehead atoms. The van der Waals surface area contributed by atoms with Gasteiger partial charge in [-0.15, -0.1) is 0 Å². The van der Waals surface area contributed by atoms with Crippen molar-refractivity contribution in [2.75, 3.05) is 12.4 Å². The Kier molecular flexibility index (Phi) is 3.78. The van der Waals surface area contributed by atoms with E-state index in [0.29, 0.717) is 0 Å². The largest absolute Gasteiger partial charge is 0.496 e. The summed E-state index contributed by atoms with van der Waals surface area (Å²) in [6.45, 7) is 2.01. The van der Waals surface area contributed by atoms with Crippen LogP contribution < -0.4 is 10.1 Å². The van der Waals surface area contributed by atoms with E-state index < -0.39 is 0 Å². The van der Waals surface area contributed by atoms with Crippen LogP contribution in [0.15, 0.2) is 30.7 Å². The van der Waals surface area contributed by atoms with Crippen LogP contribution in [-0.4, -0.2) is 17.1 Å². The number of aryl methyl sites for hydroxylation is 1. The van der Waals surface area contributed by atoms with Crippen molar-refractivity contribution >= 4 is 34.1 Å². The quantitative estimate of drug-likeness (QED) is 0.872. The SMILES string of the molecule is COc1ccc(Nc2ncncc2I)cc1C. The smallest absolute Gasteiger partial charge is 0.147 e. The van der Waals surface area contributed by atoms with Gasteiger partial charge in [-0.1, -0.05) is 0 Å². The summed E-state index contributed by atoms with van der Waals surface area (Å²) in [6, 6.07) is 5.92. The van der Waals surface area contributed by atoms with Gasteiger partial charge in [0.15, 0.2) is 0 Å². The van der Waals surface area contributed by atoms with Gasteiger partial charge >= 0.3 is 0 Å². The van der Waals surface area contributed by atoms with Gasteiger partial charge in [0, 0.05) is 11.9 Å². The minimum Gasteiger partial charge on any atom is -0.496 e. The second kappa shape index (κ2) is 5.31. The monoisotopic (exact) mass is 341 g/mol. The summed E-state index contributed by atoms with van der Waals surface area (Å²) in [4.78, 5) is 8.14. The summed E-state index contributed by atoms with van der Waals surface area (Å²) >= 11 is 2.20. The zero-order valence-electron chi connectivity index (χ0n) is 9.57. The number of rotatable bonds is 3. The van der Waals surface area contributed by atoms with E-state index >= 15 is 0 Å².